The van der Waals surface area contributed by atoms with Gasteiger partial charge in [-0.25, -0.2) is 0 Å². The molecule has 2 aliphatic heterocycles. The van der Waals surface area contributed by atoms with Gasteiger partial charge in [-0.3, -0.25) is 14.5 Å². The SMILES string of the molecule is CCc1cccc(CCCC2CCN(CCCCN3C(=O)c4cccc5cccc(c45)C3=O)CC2)c1. The highest BCUT2D eigenvalue weighted by Crippen LogP contribution is 2.30. The number of carbonyl (C=O) groups excluding carboxylic acids is 2. The van der Waals surface area contributed by atoms with Crippen molar-refractivity contribution in [3.05, 3.63) is 82.9 Å². The molecule has 5 rings (SSSR count). The van der Waals surface area contributed by atoms with Gasteiger partial charge in [0.15, 0.2) is 0 Å². The van der Waals surface area contributed by atoms with Gasteiger partial charge in [0.1, 0.15) is 0 Å². The van der Waals surface area contributed by atoms with Gasteiger partial charge in [0.25, 0.3) is 11.8 Å². The van der Waals surface area contributed by atoms with Gasteiger partial charge in [-0.2, -0.15) is 0 Å². The molecule has 4 nitrogen and oxygen atoms in total. The molecule has 1 saturated heterocycles. The largest absolute Gasteiger partial charge is 0.303 e. The van der Waals surface area contributed by atoms with E-state index in [2.05, 4.69) is 36.1 Å². The molecule has 0 bridgehead atoms. The second-order valence-electron chi connectivity index (χ2n) is 10.5. The molecule has 0 saturated carbocycles. The van der Waals surface area contributed by atoms with Crippen LogP contribution in [0.3, 0.4) is 0 Å². The van der Waals surface area contributed by atoms with E-state index in [0.29, 0.717) is 17.7 Å². The molecule has 36 heavy (non-hydrogen) atoms. The van der Waals surface area contributed by atoms with Crippen LogP contribution in [0.2, 0.25) is 0 Å². The first-order valence-electron chi connectivity index (χ1n) is 13.8. The quantitative estimate of drug-likeness (QED) is 0.244. The number of amides is 2. The number of imide groups is 1. The molecule has 4 heteroatoms. The molecule has 1 fully saturated rings. The fraction of sp³-hybridized carbons (Fsp3) is 0.438. The number of piperidine rings is 1. The van der Waals surface area contributed by atoms with Gasteiger partial charge in [-0.15, -0.1) is 0 Å². The van der Waals surface area contributed by atoms with Crippen LogP contribution in [-0.2, 0) is 12.8 Å². The summed E-state index contributed by atoms with van der Waals surface area (Å²) in [6.07, 6.45) is 9.37. The molecule has 0 spiro atoms. The second kappa shape index (κ2) is 11.4. The lowest BCUT2D eigenvalue weighted by Crippen LogP contribution is -2.41. The van der Waals surface area contributed by atoms with E-state index in [1.54, 1.807) is 0 Å². The fourth-order valence-electron chi connectivity index (χ4n) is 5.99. The molecule has 2 amide bonds. The van der Waals surface area contributed by atoms with Crippen LogP contribution in [0.1, 0.15) is 77.3 Å². The Morgan fingerprint density at radius 1 is 0.778 bits per heavy atom. The van der Waals surface area contributed by atoms with Crippen molar-refractivity contribution in [2.45, 2.75) is 58.3 Å². The first kappa shape index (κ1) is 24.7. The summed E-state index contributed by atoms with van der Waals surface area (Å²) in [6.45, 7) is 6.12. The van der Waals surface area contributed by atoms with Gasteiger partial charge in [-0.05, 0) is 99.1 Å². The summed E-state index contributed by atoms with van der Waals surface area (Å²) in [7, 11) is 0. The van der Waals surface area contributed by atoms with Crippen LogP contribution in [0.15, 0.2) is 60.7 Å². The van der Waals surface area contributed by atoms with Gasteiger partial charge in [0.05, 0.1) is 0 Å². The van der Waals surface area contributed by atoms with E-state index in [0.717, 1.165) is 42.5 Å². The summed E-state index contributed by atoms with van der Waals surface area (Å²) in [5.41, 5.74) is 4.24. The minimum Gasteiger partial charge on any atom is -0.303 e. The lowest BCUT2D eigenvalue weighted by atomic mass is 9.90. The minimum atomic E-state index is -0.147. The predicted octanol–water partition coefficient (Wildman–Crippen LogP) is 6.51. The Hall–Kier alpha value is -2.98. The Morgan fingerprint density at radius 2 is 1.42 bits per heavy atom. The van der Waals surface area contributed by atoms with Crippen molar-refractivity contribution in [2.75, 3.05) is 26.2 Å². The van der Waals surface area contributed by atoms with E-state index in [4.69, 9.17) is 0 Å². The molecule has 3 aromatic carbocycles. The van der Waals surface area contributed by atoms with Crippen LogP contribution in [0, 0.1) is 5.92 Å². The first-order valence-corrected chi connectivity index (χ1v) is 13.8. The van der Waals surface area contributed by atoms with Gasteiger partial charge in [0, 0.05) is 23.1 Å². The predicted molar refractivity (Wildman–Crippen MR) is 146 cm³/mol. The molecule has 0 N–H and O–H groups in total. The molecule has 0 radical (unpaired) electrons. The number of nitrogens with zero attached hydrogens (tertiary/aromatic N) is 2. The van der Waals surface area contributed by atoms with Crippen molar-refractivity contribution < 1.29 is 9.59 Å². The third-order valence-electron chi connectivity index (χ3n) is 8.15. The number of benzene rings is 3. The topological polar surface area (TPSA) is 40.6 Å². The summed E-state index contributed by atoms with van der Waals surface area (Å²) in [4.78, 5) is 30.1. The maximum Gasteiger partial charge on any atom is 0.261 e. The lowest BCUT2D eigenvalue weighted by molar-refractivity contribution is 0.0605. The van der Waals surface area contributed by atoms with E-state index >= 15 is 0 Å². The molecule has 0 atom stereocenters. The molecule has 0 aromatic heterocycles. The van der Waals surface area contributed by atoms with E-state index in [1.807, 2.05) is 36.4 Å². The number of rotatable bonds is 10. The van der Waals surface area contributed by atoms with E-state index in [-0.39, 0.29) is 11.8 Å². The fourth-order valence-corrected chi connectivity index (χ4v) is 5.99. The third kappa shape index (κ3) is 5.39. The van der Waals surface area contributed by atoms with Crippen molar-refractivity contribution in [3.63, 3.8) is 0 Å². The van der Waals surface area contributed by atoms with Crippen molar-refractivity contribution >= 4 is 22.6 Å². The standard InChI is InChI=1S/C32H38N2O2/c1-2-24-9-5-11-26(23-24)12-6-10-25-17-21-33(22-18-25)19-3-4-20-34-31(35)28-15-7-13-27-14-8-16-29(30(27)28)32(34)36/h5,7-9,11,13-16,23,25H,2-4,6,10,12,17-22H2,1H3. The van der Waals surface area contributed by atoms with Crippen molar-refractivity contribution in [3.8, 4) is 0 Å². The summed E-state index contributed by atoms with van der Waals surface area (Å²) in [5, 5.41) is 1.77. The molecule has 188 valence electrons. The molecular weight excluding hydrogens is 444 g/mol. The van der Waals surface area contributed by atoms with Crippen molar-refractivity contribution in [1.82, 2.24) is 9.80 Å². The van der Waals surface area contributed by atoms with Crippen LogP contribution < -0.4 is 0 Å². The Balaban J connectivity index is 1.03. The highest BCUT2D eigenvalue weighted by molar-refractivity contribution is 6.25. The van der Waals surface area contributed by atoms with E-state index in [9.17, 15) is 9.59 Å². The average Bonchev–Trinajstić information content (AvgIpc) is 2.92. The summed E-state index contributed by atoms with van der Waals surface area (Å²) in [6, 6.07) is 20.5. The third-order valence-corrected chi connectivity index (χ3v) is 8.15. The molecule has 0 unspecified atom stereocenters. The minimum absolute atomic E-state index is 0.147. The molecule has 3 aromatic rings. The number of likely N-dealkylation sites (tertiary alicyclic amines) is 1. The van der Waals surface area contributed by atoms with Crippen molar-refractivity contribution in [2.24, 2.45) is 5.92 Å². The Bertz CT molecular complexity index is 1180. The van der Waals surface area contributed by atoms with E-state index < -0.39 is 0 Å². The van der Waals surface area contributed by atoms with Crippen LogP contribution >= 0.6 is 0 Å². The van der Waals surface area contributed by atoms with Gasteiger partial charge in [0.2, 0.25) is 0 Å². The Kier molecular flexibility index (Phi) is 7.81. The molecule has 2 aliphatic rings. The van der Waals surface area contributed by atoms with Crippen LogP contribution in [0.4, 0.5) is 0 Å². The van der Waals surface area contributed by atoms with Crippen LogP contribution in [0.25, 0.3) is 10.8 Å². The Labute approximate surface area is 215 Å². The normalized spacial score (nSPS) is 16.8. The van der Waals surface area contributed by atoms with Crippen molar-refractivity contribution in [1.29, 1.82) is 0 Å². The molecular formula is C32H38N2O2. The zero-order valence-corrected chi connectivity index (χ0v) is 21.5. The van der Waals surface area contributed by atoms with Gasteiger partial charge in [-0.1, -0.05) is 61.9 Å². The van der Waals surface area contributed by atoms with Crippen LogP contribution in [-0.4, -0.2) is 47.8 Å². The maximum atomic E-state index is 13.0. The number of carbonyl (C=O) groups is 2. The van der Waals surface area contributed by atoms with E-state index in [1.165, 1.54) is 61.2 Å². The zero-order chi connectivity index (χ0) is 24.9. The Morgan fingerprint density at radius 3 is 2.11 bits per heavy atom. The summed E-state index contributed by atoms with van der Waals surface area (Å²) < 4.78 is 0. The highest BCUT2D eigenvalue weighted by Gasteiger charge is 2.32. The maximum absolute atomic E-state index is 13.0. The summed E-state index contributed by atoms with van der Waals surface area (Å²) >= 11 is 0. The average molecular weight is 483 g/mol. The monoisotopic (exact) mass is 482 g/mol. The van der Waals surface area contributed by atoms with Gasteiger partial charge < -0.3 is 4.90 Å². The smallest absolute Gasteiger partial charge is 0.261 e. The number of hydrogen-bond donors (Lipinski definition) is 0. The second-order valence-corrected chi connectivity index (χ2v) is 10.5. The number of aryl methyl sites for hydroxylation is 2. The highest BCUT2D eigenvalue weighted by atomic mass is 16.2. The van der Waals surface area contributed by atoms with Crippen LogP contribution in [0.5, 0.6) is 0 Å². The molecule has 0 aliphatic carbocycles. The zero-order valence-electron chi connectivity index (χ0n) is 21.5. The number of unbranched alkanes of at least 4 members (excludes halogenated alkanes) is 1. The lowest BCUT2D eigenvalue weighted by Gasteiger charge is -2.32. The number of hydrogen-bond acceptors (Lipinski definition) is 3. The molecule has 2 heterocycles. The first-order chi connectivity index (χ1) is 17.6. The van der Waals surface area contributed by atoms with Gasteiger partial charge >= 0.3 is 0 Å². The summed E-state index contributed by atoms with van der Waals surface area (Å²) in [5.74, 6) is 0.556.